The molecule has 0 spiro atoms. The predicted molar refractivity (Wildman–Crippen MR) is 146 cm³/mol. The molecule has 1 N–H and O–H groups in total. The number of amides is 2. The van der Waals surface area contributed by atoms with Crippen molar-refractivity contribution in [3.05, 3.63) is 0 Å². The van der Waals surface area contributed by atoms with Crippen LogP contribution in [0.4, 0.5) is 0 Å². The van der Waals surface area contributed by atoms with Gasteiger partial charge in [-0.05, 0) is 77.0 Å². The van der Waals surface area contributed by atoms with E-state index in [0.29, 0.717) is 31.7 Å². The molecule has 5 atom stereocenters. The van der Waals surface area contributed by atoms with Crippen molar-refractivity contribution in [2.75, 3.05) is 6.54 Å². The minimum atomic E-state index is -0.742. The number of fused-ring (bicyclic) bond motifs is 1. The first kappa shape index (κ1) is 32.0. The number of likely N-dealkylation sites (tertiary alicyclic amines) is 1. The van der Waals surface area contributed by atoms with Crippen LogP contribution in [0, 0.1) is 29.6 Å². The number of nitrogens with one attached hydrogen (secondary N) is 1. The number of hydrogen-bond acceptors (Lipinski definition) is 6. The van der Waals surface area contributed by atoms with Gasteiger partial charge in [0.2, 0.25) is 11.8 Å². The number of carbonyl (C=O) groups excluding carboxylic acids is 5. The number of nitrogens with zero attached hydrogens (tertiary/aromatic N) is 1. The third-order valence-electron chi connectivity index (χ3n) is 7.92. The van der Waals surface area contributed by atoms with Gasteiger partial charge in [-0.15, -0.1) is 0 Å². The molecule has 1 aliphatic carbocycles. The molecule has 2 fully saturated rings. The molecule has 1 aliphatic heterocycles. The molecule has 1 heterocycles. The lowest BCUT2D eigenvalue weighted by atomic mass is 9.87. The van der Waals surface area contributed by atoms with E-state index < -0.39 is 23.6 Å². The minimum absolute atomic E-state index is 0.0129. The van der Waals surface area contributed by atoms with Crippen molar-refractivity contribution >= 4 is 29.4 Å². The number of Topliss-reactive ketones (excluding diaryl/α,β-unsaturated/α-hetero) is 2. The Balaban J connectivity index is 1.96. The minimum Gasteiger partial charge on any atom is -0.460 e. The van der Waals surface area contributed by atoms with Gasteiger partial charge in [0.25, 0.3) is 0 Å². The van der Waals surface area contributed by atoms with E-state index in [1.54, 1.807) is 11.8 Å². The lowest BCUT2D eigenvalue weighted by Crippen LogP contribution is -2.55. The second kappa shape index (κ2) is 13.7. The van der Waals surface area contributed by atoms with Gasteiger partial charge in [0.05, 0.1) is 6.04 Å². The molecule has 8 heteroatoms. The van der Waals surface area contributed by atoms with Gasteiger partial charge in [0, 0.05) is 31.7 Å². The van der Waals surface area contributed by atoms with E-state index in [1.807, 2.05) is 48.5 Å². The molecule has 2 amide bonds. The quantitative estimate of drug-likeness (QED) is 0.276. The standard InChI is InChI=1S/C30H50N2O6/c1-18(2)24(16-22(34)13-9-10-15-25(35)38-30(6,7)8)28(36)31-26(19(3)4)29(37)32-17-21-12-11-14-23(21)27(32)20(5)33/h18-19,21,23-24,26-27H,9-17H2,1-8H3,(H,31,36)/t21-,23-,24-,26?,27+/m0/s1. The van der Waals surface area contributed by atoms with Gasteiger partial charge in [0.1, 0.15) is 17.4 Å². The molecular weight excluding hydrogens is 484 g/mol. The van der Waals surface area contributed by atoms with Gasteiger partial charge in [-0.25, -0.2) is 0 Å². The van der Waals surface area contributed by atoms with Crippen LogP contribution in [0.3, 0.4) is 0 Å². The molecule has 38 heavy (non-hydrogen) atoms. The summed E-state index contributed by atoms with van der Waals surface area (Å²) < 4.78 is 5.30. The zero-order valence-corrected chi connectivity index (χ0v) is 24.8. The third-order valence-corrected chi connectivity index (χ3v) is 7.92. The summed E-state index contributed by atoms with van der Waals surface area (Å²) in [5, 5.41) is 2.95. The molecule has 0 aromatic carbocycles. The highest BCUT2D eigenvalue weighted by atomic mass is 16.6. The average Bonchev–Trinajstić information content (AvgIpc) is 3.37. The number of unbranched alkanes of at least 4 members (excludes halogenated alkanes) is 1. The number of ketones is 2. The summed E-state index contributed by atoms with van der Waals surface area (Å²) in [4.78, 5) is 65.8. The molecule has 1 unspecified atom stereocenters. The van der Waals surface area contributed by atoms with E-state index in [2.05, 4.69) is 5.32 Å². The van der Waals surface area contributed by atoms with E-state index >= 15 is 0 Å². The maximum absolute atomic E-state index is 13.7. The molecule has 0 aromatic rings. The number of rotatable bonds is 13. The largest absolute Gasteiger partial charge is 0.460 e. The van der Waals surface area contributed by atoms with Gasteiger partial charge in [-0.1, -0.05) is 34.1 Å². The lowest BCUT2D eigenvalue weighted by molar-refractivity contribution is -0.155. The van der Waals surface area contributed by atoms with Crippen molar-refractivity contribution in [3.8, 4) is 0 Å². The average molecular weight is 535 g/mol. The maximum Gasteiger partial charge on any atom is 0.306 e. The second-order valence-electron chi connectivity index (χ2n) is 13.0. The van der Waals surface area contributed by atoms with Crippen LogP contribution in [0.25, 0.3) is 0 Å². The SMILES string of the molecule is CC(=O)[C@@H]1[C@H]2CCC[C@H]2CN1C(=O)C(NC(=O)[C@@H](CC(=O)CCCCC(=O)OC(C)(C)C)C(C)C)C(C)C. The Hall–Kier alpha value is -2.25. The molecule has 0 radical (unpaired) electrons. The van der Waals surface area contributed by atoms with Gasteiger partial charge < -0.3 is 15.0 Å². The molecule has 2 aliphatic rings. The monoisotopic (exact) mass is 534 g/mol. The highest BCUT2D eigenvalue weighted by Crippen LogP contribution is 2.42. The first-order chi connectivity index (χ1) is 17.6. The summed E-state index contributed by atoms with van der Waals surface area (Å²) in [7, 11) is 0. The van der Waals surface area contributed by atoms with Crippen molar-refractivity contribution in [1.29, 1.82) is 0 Å². The van der Waals surface area contributed by atoms with E-state index in [9.17, 15) is 24.0 Å². The Labute approximate surface area is 229 Å². The molecule has 2 rings (SSSR count). The zero-order chi connectivity index (χ0) is 28.8. The third kappa shape index (κ3) is 8.91. The number of esters is 1. The van der Waals surface area contributed by atoms with Gasteiger partial charge in [-0.2, -0.15) is 0 Å². The van der Waals surface area contributed by atoms with E-state index in [1.165, 1.54) is 0 Å². The molecule has 1 saturated carbocycles. The predicted octanol–water partition coefficient (Wildman–Crippen LogP) is 4.48. The Morgan fingerprint density at radius 1 is 0.947 bits per heavy atom. The molecule has 1 saturated heterocycles. The topological polar surface area (TPSA) is 110 Å². The summed E-state index contributed by atoms with van der Waals surface area (Å²) >= 11 is 0. The normalized spacial score (nSPS) is 22.8. The Morgan fingerprint density at radius 3 is 2.13 bits per heavy atom. The lowest BCUT2D eigenvalue weighted by Gasteiger charge is -2.32. The Morgan fingerprint density at radius 2 is 1.58 bits per heavy atom. The van der Waals surface area contributed by atoms with E-state index in [4.69, 9.17) is 4.74 Å². The van der Waals surface area contributed by atoms with Crippen molar-refractivity contribution in [3.63, 3.8) is 0 Å². The van der Waals surface area contributed by atoms with Crippen LogP contribution < -0.4 is 5.32 Å². The number of carbonyl (C=O) groups is 5. The van der Waals surface area contributed by atoms with Crippen molar-refractivity contribution in [2.24, 2.45) is 29.6 Å². The fraction of sp³-hybridized carbons (Fsp3) is 0.833. The van der Waals surface area contributed by atoms with Crippen molar-refractivity contribution in [2.45, 2.75) is 124 Å². The fourth-order valence-electron chi connectivity index (χ4n) is 5.97. The molecule has 0 aromatic heterocycles. The van der Waals surface area contributed by atoms with Crippen LogP contribution in [-0.2, 0) is 28.7 Å². The van der Waals surface area contributed by atoms with Gasteiger partial charge >= 0.3 is 5.97 Å². The first-order valence-electron chi connectivity index (χ1n) is 14.5. The van der Waals surface area contributed by atoms with Crippen LogP contribution in [0.5, 0.6) is 0 Å². The summed E-state index contributed by atoms with van der Waals surface area (Å²) in [6, 6.07) is -1.15. The molecular formula is C30H50N2O6. The molecule has 0 bridgehead atoms. The Kier molecular flexibility index (Phi) is 11.5. The van der Waals surface area contributed by atoms with Crippen molar-refractivity contribution < 1.29 is 28.7 Å². The number of hydrogen-bond donors (Lipinski definition) is 1. The highest BCUT2D eigenvalue weighted by molar-refractivity contribution is 5.94. The Bertz CT molecular complexity index is 874. The summed E-state index contributed by atoms with van der Waals surface area (Å²) in [5.41, 5.74) is -0.527. The second-order valence-corrected chi connectivity index (χ2v) is 13.0. The first-order valence-corrected chi connectivity index (χ1v) is 14.5. The fourth-order valence-corrected chi connectivity index (χ4v) is 5.97. The molecule has 8 nitrogen and oxygen atoms in total. The van der Waals surface area contributed by atoms with Gasteiger partial charge in [0.15, 0.2) is 5.78 Å². The summed E-state index contributed by atoms with van der Waals surface area (Å²) in [6.07, 6.45) is 4.85. The van der Waals surface area contributed by atoms with Crippen LogP contribution in [0.15, 0.2) is 0 Å². The smallest absolute Gasteiger partial charge is 0.306 e. The van der Waals surface area contributed by atoms with Crippen LogP contribution in [0.2, 0.25) is 0 Å². The zero-order valence-electron chi connectivity index (χ0n) is 24.8. The summed E-state index contributed by atoms with van der Waals surface area (Å²) in [5.74, 6) is -1.00. The van der Waals surface area contributed by atoms with Crippen LogP contribution in [-0.4, -0.2) is 58.5 Å². The van der Waals surface area contributed by atoms with Crippen molar-refractivity contribution in [1.82, 2.24) is 10.2 Å². The summed E-state index contributed by atoms with van der Waals surface area (Å²) in [6.45, 7) is 15.2. The van der Waals surface area contributed by atoms with Crippen LogP contribution in [0.1, 0.15) is 107 Å². The van der Waals surface area contributed by atoms with E-state index in [0.717, 1.165) is 19.3 Å². The van der Waals surface area contributed by atoms with Crippen LogP contribution >= 0.6 is 0 Å². The highest BCUT2D eigenvalue weighted by Gasteiger charge is 2.49. The maximum atomic E-state index is 13.7. The van der Waals surface area contributed by atoms with Gasteiger partial charge in [-0.3, -0.25) is 24.0 Å². The molecule has 216 valence electrons. The number of ether oxygens (including phenoxy) is 1. The van der Waals surface area contributed by atoms with E-state index in [-0.39, 0.29) is 59.9 Å².